The lowest BCUT2D eigenvalue weighted by Gasteiger charge is -2.13. The molecule has 0 aliphatic rings. The van der Waals surface area contributed by atoms with Gasteiger partial charge in [0.1, 0.15) is 0 Å². The van der Waals surface area contributed by atoms with Crippen LogP contribution in [-0.4, -0.2) is 51.2 Å². The molecule has 0 radical (unpaired) electrons. The van der Waals surface area contributed by atoms with Gasteiger partial charge in [0.25, 0.3) is 0 Å². The van der Waals surface area contributed by atoms with E-state index < -0.39 is 0 Å². The van der Waals surface area contributed by atoms with Crippen molar-refractivity contribution in [2.75, 3.05) is 33.4 Å². The Balaban J connectivity index is 3.58. The van der Waals surface area contributed by atoms with Crippen molar-refractivity contribution in [3.63, 3.8) is 0 Å². The molecule has 0 aromatic carbocycles. The van der Waals surface area contributed by atoms with E-state index in [1.165, 1.54) is 0 Å². The zero-order chi connectivity index (χ0) is 13.8. The van der Waals surface area contributed by atoms with Gasteiger partial charge in [0.15, 0.2) is 0 Å². The third-order valence-electron chi connectivity index (χ3n) is 2.39. The normalized spacial score (nSPS) is 11.9. The number of carbonyl (C=O) groups excluding carboxylic acids is 2. The summed E-state index contributed by atoms with van der Waals surface area (Å²) in [5.74, 6) is -0.0558. The second-order valence-electron chi connectivity index (χ2n) is 4.02. The van der Waals surface area contributed by atoms with Crippen LogP contribution in [0.5, 0.6) is 0 Å². The molecule has 0 spiro atoms. The summed E-state index contributed by atoms with van der Waals surface area (Å²) < 4.78 is 4.89. The monoisotopic (exact) mass is 259 g/mol. The predicted molar refractivity (Wildman–Crippen MR) is 70.3 cm³/mol. The molecule has 6 heteroatoms. The second kappa shape index (κ2) is 11.0. The van der Waals surface area contributed by atoms with Gasteiger partial charge in [0, 0.05) is 39.8 Å². The lowest BCUT2D eigenvalue weighted by Crippen LogP contribution is -2.43. The lowest BCUT2D eigenvalue weighted by atomic mass is 10.3. The zero-order valence-corrected chi connectivity index (χ0v) is 11.5. The SMILES string of the molecule is CCNC(=O)CCNC(C)C(=O)NCCCOC. The highest BCUT2D eigenvalue weighted by molar-refractivity contribution is 5.81. The third-order valence-corrected chi connectivity index (χ3v) is 2.39. The molecule has 0 bridgehead atoms. The molecule has 0 aromatic heterocycles. The number of rotatable bonds is 10. The van der Waals surface area contributed by atoms with Crippen LogP contribution in [0.15, 0.2) is 0 Å². The lowest BCUT2D eigenvalue weighted by molar-refractivity contribution is -0.124. The summed E-state index contributed by atoms with van der Waals surface area (Å²) in [6.07, 6.45) is 1.18. The minimum absolute atomic E-state index is 0.00213. The topological polar surface area (TPSA) is 79.5 Å². The molecule has 0 fully saturated rings. The first kappa shape index (κ1) is 16.9. The van der Waals surface area contributed by atoms with E-state index in [9.17, 15) is 9.59 Å². The van der Waals surface area contributed by atoms with E-state index in [4.69, 9.17) is 4.74 Å². The minimum atomic E-state index is -0.290. The van der Waals surface area contributed by atoms with Gasteiger partial charge in [0.2, 0.25) is 11.8 Å². The van der Waals surface area contributed by atoms with Crippen LogP contribution in [0.1, 0.15) is 26.7 Å². The maximum atomic E-state index is 11.6. The Bertz CT molecular complexity index is 247. The van der Waals surface area contributed by atoms with Crippen molar-refractivity contribution >= 4 is 11.8 Å². The summed E-state index contributed by atoms with van der Waals surface area (Å²) in [6, 6.07) is -0.290. The fourth-order valence-corrected chi connectivity index (χ4v) is 1.36. The summed E-state index contributed by atoms with van der Waals surface area (Å²) in [5.41, 5.74) is 0. The van der Waals surface area contributed by atoms with Crippen LogP contribution in [-0.2, 0) is 14.3 Å². The van der Waals surface area contributed by atoms with Crippen LogP contribution in [0.2, 0.25) is 0 Å². The molecule has 0 aliphatic carbocycles. The van der Waals surface area contributed by atoms with E-state index >= 15 is 0 Å². The minimum Gasteiger partial charge on any atom is -0.385 e. The molecule has 0 heterocycles. The van der Waals surface area contributed by atoms with Gasteiger partial charge in [0.05, 0.1) is 6.04 Å². The van der Waals surface area contributed by atoms with Crippen molar-refractivity contribution in [1.29, 1.82) is 0 Å². The molecule has 6 nitrogen and oxygen atoms in total. The molecule has 2 amide bonds. The number of carbonyl (C=O) groups is 2. The van der Waals surface area contributed by atoms with E-state index in [1.807, 2.05) is 6.92 Å². The molecule has 0 rings (SSSR count). The standard InChI is InChI=1S/C12H25N3O3/c1-4-13-11(16)6-8-14-10(2)12(17)15-7-5-9-18-3/h10,14H,4-9H2,1-3H3,(H,13,16)(H,15,17). The molecule has 0 saturated heterocycles. The molecular weight excluding hydrogens is 234 g/mol. The number of ether oxygens (including phenoxy) is 1. The van der Waals surface area contributed by atoms with Gasteiger partial charge in [-0.15, -0.1) is 0 Å². The molecule has 3 N–H and O–H groups in total. The maximum absolute atomic E-state index is 11.6. The van der Waals surface area contributed by atoms with Crippen molar-refractivity contribution in [2.45, 2.75) is 32.7 Å². The highest BCUT2D eigenvalue weighted by Crippen LogP contribution is 1.85. The highest BCUT2D eigenvalue weighted by atomic mass is 16.5. The van der Waals surface area contributed by atoms with Crippen molar-refractivity contribution in [3.8, 4) is 0 Å². The number of methoxy groups -OCH3 is 1. The third kappa shape index (κ3) is 8.95. The molecule has 1 unspecified atom stereocenters. The first-order valence-corrected chi connectivity index (χ1v) is 6.38. The number of amides is 2. The van der Waals surface area contributed by atoms with Crippen molar-refractivity contribution in [2.24, 2.45) is 0 Å². The van der Waals surface area contributed by atoms with Crippen molar-refractivity contribution < 1.29 is 14.3 Å². The number of hydrogen-bond donors (Lipinski definition) is 3. The Morgan fingerprint density at radius 3 is 2.56 bits per heavy atom. The summed E-state index contributed by atoms with van der Waals surface area (Å²) in [4.78, 5) is 22.8. The van der Waals surface area contributed by atoms with Gasteiger partial charge >= 0.3 is 0 Å². The Morgan fingerprint density at radius 2 is 1.94 bits per heavy atom. The Labute approximate surface area is 109 Å². The van der Waals surface area contributed by atoms with Crippen LogP contribution in [0, 0.1) is 0 Å². The van der Waals surface area contributed by atoms with Crippen LogP contribution in [0.3, 0.4) is 0 Å². The zero-order valence-electron chi connectivity index (χ0n) is 11.5. The molecule has 106 valence electrons. The van der Waals surface area contributed by atoms with E-state index in [1.54, 1.807) is 14.0 Å². The van der Waals surface area contributed by atoms with Crippen LogP contribution < -0.4 is 16.0 Å². The van der Waals surface area contributed by atoms with Gasteiger partial charge in [-0.1, -0.05) is 0 Å². The van der Waals surface area contributed by atoms with Gasteiger partial charge in [-0.05, 0) is 20.3 Å². The maximum Gasteiger partial charge on any atom is 0.236 e. The second-order valence-corrected chi connectivity index (χ2v) is 4.02. The molecule has 0 aliphatic heterocycles. The summed E-state index contributed by atoms with van der Waals surface area (Å²) in [6.45, 7) is 6.03. The summed E-state index contributed by atoms with van der Waals surface area (Å²) >= 11 is 0. The van der Waals surface area contributed by atoms with E-state index in [0.717, 1.165) is 6.42 Å². The van der Waals surface area contributed by atoms with Crippen molar-refractivity contribution in [1.82, 2.24) is 16.0 Å². The molecule has 0 saturated carbocycles. The fourth-order valence-electron chi connectivity index (χ4n) is 1.36. The van der Waals surface area contributed by atoms with Crippen molar-refractivity contribution in [3.05, 3.63) is 0 Å². The highest BCUT2D eigenvalue weighted by Gasteiger charge is 2.11. The largest absolute Gasteiger partial charge is 0.385 e. The quantitative estimate of drug-likeness (QED) is 0.468. The summed E-state index contributed by atoms with van der Waals surface area (Å²) in [7, 11) is 1.63. The van der Waals surface area contributed by atoms with Gasteiger partial charge < -0.3 is 20.7 Å². The molecule has 1 atom stereocenters. The Kier molecular flexibility index (Phi) is 10.3. The van der Waals surface area contributed by atoms with Crippen LogP contribution >= 0.6 is 0 Å². The summed E-state index contributed by atoms with van der Waals surface area (Å²) in [5, 5.41) is 8.51. The van der Waals surface area contributed by atoms with Crippen LogP contribution in [0.25, 0.3) is 0 Å². The average Bonchev–Trinajstić information content (AvgIpc) is 2.34. The van der Waals surface area contributed by atoms with Gasteiger partial charge in [-0.3, -0.25) is 9.59 Å². The first-order chi connectivity index (χ1) is 8.61. The molecule has 0 aromatic rings. The molecular formula is C12H25N3O3. The van der Waals surface area contributed by atoms with Gasteiger partial charge in [-0.25, -0.2) is 0 Å². The Hall–Kier alpha value is -1.14. The first-order valence-electron chi connectivity index (χ1n) is 6.38. The average molecular weight is 259 g/mol. The van der Waals surface area contributed by atoms with Crippen LogP contribution in [0.4, 0.5) is 0 Å². The smallest absolute Gasteiger partial charge is 0.236 e. The number of nitrogens with one attached hydrogen (secondary N) is 3. The Morgan fingerprint density at radius 1 is 1.22 bits per heavy atom. The van der Waals surface area contributed by atoms with E-state index in [2.05, 4.69) is 16.0 Å². The fraction of sp³-hybridized carbons (Fsp3) is 0.833. The van der Waals surface area contributed by atoms with E-state index in [0.29, 0.717) is 32.7 Å². The predicted octanol–water partition coefficient (Wildman–Crippen LogP) is -0.357. The van der Waals surface area contributed by atoms with Gasteiger partial charge in [-0.2, -0.15) is 0 Å². The number of hydrogen-bond acceptors (Lipinski definition) is 4. The van der Waals surface area contributed by atoms with E-state index in [-0.39, 0.29) is 17.9 Å². The molecule has 18 heavy (non-hydrogen) atoms.